The molecule has 8 heteroatoms. The van der Waals surface area contributed by atoms with Crippen LogP contribution in [-0.2, 0) is 9.53 Å². The molecule has 0 saturated heterocycles. The molecule has 0 spiro atoms. The molecule has 1 aromatic carbocycles. The van der Waals surface area contributed by atoms with Crippen LogP contribution in [0.2, 0.25) is 0 Å². The topological polar surface area (TPSA) is 84.0 Å². The molecular weight excluding hydrogens is 459 g/mol. The van der Waals surface area contributed by atoms with Crippen LogP contribution in [0.4, 0.5) is 5.69 Å². The van der Waals surface area contributed by atoms with E-state index in [1.165, 1.54) is 0 Å². The van der Waals surface area contributed by atoms with Gasteiger partial charge in [0.1, 0.15) is 12.3 Å². The van der Waals surface area contributed by atoms with Crippen LogP contribution in [0.25, 0.3) is 0 Å². The van der Waals surface area contributed by atoms with Crippen molar-refractivity contribution in [3.05, 3.63) is 24.3 Å². The van der Waals surface area contributed by atoms with Gasteiger partial charge in [-0.05, 0) is 39.8 Å². The largest absolute Gasteiger partial charge is 0.493 e. The first kappa shape index (κ1) is 25.4. The predicted molar refractivity (Wildman–Crippen MR) is 121 cm³/mol. The number of hydrogen-bond donors (Lipinski definition) is 3. The molecule has 7 nitrogen and oxygen atoms in total. The quantitative estimate of drug-likeness (QED) is 0.214. The van der Waals surface area contributed by atoms with Gasteiger partial charge in [0.05, 0.1) is 6.61 Å². The lowest BCUT2D eigenvalue weighted by Crippen LogP contribution is -2.42. The van der Waals surface area contributed by atoms with Crippen molar-refractivity contribution in [2.24, 2.45) is 4.99 Å². The third kappa shape index (κ3) is 12.5. The number of carbonyl (C=O) groups excluding carboxylic acids is 1. The molecule has 0 saturated carbocycles. The SMILES string of the molecule is CCNC(=NCC(=O)NC(C)(C)C)Nc1cccc(OCCCOC)c1.I. The number of halogens is 1. The molecule has 0 heterocycles. The second-order valence-corrected chi connectivity index (χ2v) is 6.84. The highest BCUT2D eigenvalue weighted by atomic mass is 127. The van der Waals surface area contributed by atoms with Crippen molar-refractivity contribution >= 4 is 41.5 Å². The first-order valence-electron chi connectivity index (χ1n) is 8.92. The van der Waals surface area contributed by atoms with Crippen LogP contribution in [0.5, 0.6) is 5.75 Å². The third-order valence-electron chi connectivity index (χ3n) is 3.10. The number of amides is 1. The van der Waals surface area contributed by atoms with E-state index in [4.69, 9.17) is 9.47 Å². The number of carbonyl (C=O) groups is 1. The van der Waals surface area contributed by atoms with Crippen molar-refractivity contribution in [2.75, 3.05) is 38.7 Å². The van der Waals surface area contributed by atoms with Crippen LogP contribution in [-0.4, -0.2) is 50.8 Å². The summed E-state index contributed by atoms with van der Waals surface area (Å²) >= 11 is 0. The Morgan fingerprint density at radius 3 is 2.59 bits per heavy atom. The Kier molecular flexibility index (Phi) is 12.8. The van der Waals surface area contributed by atoms with E-state index in [2.05, 4.69) is 20.9 Å². The zero-order valence-electron chi connectivity index (χ0n) is 16.9. The molecule has 1 aromatic rings. The summed E-state index contributed by atoms with van der Waals surface area (Å²) < 4.78 is 10.7. The first-order chi connectivity index (χ1) is 12.3. The molecule has 0 atom stereocenters. The van der Waals surface area contributed by atoms with Gasteiger partial charge in [0.15, 0.2) is 5.96 Å². The predicted octanol–water partition coefficient (Wildman–Crippen LogP) is 3.01. The number of anilines is 1. The number of nitrogens with zero attached hydrogens (tertiary/aromatic N) is 1. The number of aliphatic imine (C=N–C) groups is 1. The second-order valence-electron chi connectivity index (χ2n) is 6.84. The monoisotopic (exact) mass is 492 g/mol. The van der Waals surface area contributed by atoms with Crippen molar-refractivity contribution in [1.29, 1.82) is 0 Å². The number of methoxy groups -OCH3 is 1. The Bertz CT molecular complexity index is 589. The Morgan fingerprint density at radius 1 is 1.22 bits per heavy atom. The van der Waals surface area contributed by atoms with Crippen LogP contribution in [0, 0.1) is 0 Å². The highest BCUT2D eigenvalue weighted by Gasteiger charge is 2.13. The molecular formula is C19H33IN4O3. The average Bonchev–Trinajstić information content (AvgIpc) is 2.56. The Labute approximate surface area is 179 Å². The van der Waals surface area contributed by atoms with E-state index in [-0.39, 0.29) is 42.0 Å². The summed E-state index contributed by atoms with van der Waals surface area (Å²) in [5.74, 6) is 1.20. The molecule has 0 aliphatic heterocycles. The summed E-state index contributed by atoms with van der Waals surface area (Å²) in [5.41, 5.74) is 0.567. The maximum Gasteiger partial charge on any atom is 0.242 e. The van der Waals surface area contributed by atoms with Crippen molar-refractivity contribution in [3.8, 4) is 5.75 Å². The molecule has 0 aliphatic rings. The number of hydrogen-bond acceptors (Lipinski definition) is 4. The van der Waals surface area contributed by atoms with Gasteiger partial charge in [-0.15, -0.1) is 24.0 Å². The van der Waals surface area contributed by atoms with Crippen molar-refractivity contribution in [1.82, 2.24) is 10.6 Å². The Morgan fingerprint density at radius 2 is 1.96 bits per heavy atom. The molecule has 27 heavy (non-hydrogen) atoms. The number of ether oxygens (including phenoxy) is 2. The summed E-state index contributed by atoms with van der Waals surface area (Å²) in [6.07, 6.45) is 0.834. The van der Waals surface area contributed by atoms with Gasteiger partial charge in [-0.25, -0.2) is 4.99 Å². The Balaban J connectivity index is 0.00000676. The minimum Gasteiger partial charge on any atom is -0.493 e. The molecule has 1 amide bonds. The standard InChI is InChI=1S/C19H32N4O3.HI/c1-6-20-18(21-14-17(24)23-19(2,3)4)22-15-9-7-10-16(13-15)26-12-8-11-25-5;/h7,9-10,13H,6,8,11-12,14H2,1-5H3,(H,23,24)(H2,20,21,22);1H. The van der Waals surface area contributed by atoms with E-state index >= 15 is 0 Å². The van der Waals surface area contributed by atoms with Crippen molar-refractivity contribution in [3.63, 3.8) is 0 Å². The van der Waals surface area contributed by atoms with Crippen molar-refractivity contribution in [2.45, 2.75) is 39.7 Å². The minimum absolute atomic E-state index is 0. The maximum absolute atomic E-state index is 11.9. The van der Waals surface area contributed by atoms with Gasteiger partial charge in [-0.3, -0.25) is 4.79 Å². The molecule has 0 radical (unpaired) electrons. The third-order valence-corrected chi connectivity index (χ3v) is 3.10. The highest BCUT2D eigenvalue weighted by molar-refractivity contribution is 14.0. The van der Waals surface area contributed by atoms with Gasteiger partial charge < -0.3 is 25.4 Å². The Hall–Kier alpha value is -1.55. The lowest BCUT2D eigenvalue weighted by atomic mass is 10.1. The molecule has 1 rings (SSSR count). The summed E-state index contributed by atoms with van der Waals surface area (Å²) in [5, 5.41) is 9.22. The lowest BCUT2D eigenvalue weighted by Gasteiger charge is -2.20. The molecule has 0 aromatic heterocycles. The van der Waals surface area contributed by atoms with Gasteiger partial charge >= 0.3 is 0 Å². The van der Waals surface area contributed by atoms with Gasteiger partial charge in [0.25, 0.3) is 0 Å². The number of benzene rings is 1. The minimum atomic E-state index is -0.271. The summed E-state index contributed by atoms with van der Waals surface area (Å²) in [4.78, 5) is 16.3. The van der Waals surface area contributed by atoms with Crippen LogP contribution in [0.1, 0.15) is 34.1 Å². The zero-order valence-corrected chi connectivity index (χ0v) is 19.3. The lowest BCUT2D eigenvalue weighted by molar-refractivity contribution is -0.121. The summed E-state index contributed by atoms with van der Waals surface area (Å²) in [6, 6.07) is 7.63. The second kappa shape index (κ2) is 13.6. The zero-order chi connectivity index (χ0) is 19.4. The fourth-order valence-corrected chi connectivity index (χ4v) is 2.11. The van der Waals surface area contributed by atoms with Crippen LogP contribution in [0.3, 0.4) is 0 Å². The molecule has 0 fully saturated rings. The van der Waals surface area contributed by atoms with Gasteiger partial charge in [-0.1, -0.05) is 6.07 Å². The van der Waals surface area contributed by atoms with Crippen LogP contribution >= 0.6 is 24.0 Å². The normalized spacial score (nSPS) is 11.4. The van der Waals surface area contributed by atoms with E-state index in [0.29, 0.717) is 25.7 Å². The van der Waals surface area contributed by atoms with E-state index in [1.807, 2.05) is 52.0 Å². The summed E-state index contributed by atoms with van der Waals surface area (Å²) in [6.45, 7) is 9.81. The molecule has 0 bridgehead atoms. The van der Waals surface area contributed by atoms with E-state index in [0.717, 1.165) is 17.9 Å². The van der Waals surface area contributed by atoms with Gasteiger partial charge in [0.2, 0.25) is 5.91 Å². The van der Waals surface area contributed by atoms with Crippen LogP contribution < -0.4 is 20.7 Å². The van der Waals surface area contributed by atoms with Gasteiger partial charge in [-0.2, -0.15) is 0 Å². The fraction of sp³-hybridized carbons (Fsp3) is 0.579. The maximum atomic E-state index is 11.9. The van der Waals surface area contributed by atoms with E-state index in [9.17, 15) is 4.79 Å². The average molecular weight is 492 g/mol. The number of nitrogens with one attached hydrogen (secondary N) is 3. The smallest absolute Gasteiger partial charge is 0.242 e. The van der Waals surface area contributed by atoms with E-state index in [1.54, 1.807) is 7.11 Å². The molecule has 0 aliphatic carbocycles. The molecule has 3 N–H and O–H groups in total. The van der Waals surface area contributed by atoms with Gasteiger partial charge in [0, 0.05) is 44.0 Å². The first-order valence-corrected chi connectivity index (χ1v) is 8.92. The van der Waals surface area contributed by atoms with E-state index < -0.39 is 0 Å². The van der Waals surface area contributed by atoms with Crippen LogP contribution in [0.15, 0.2) is 29.3 Å². The summed E-state index contributed by atoms with van der Waals surface area (Å²) in [7, 11) is 1.67. The number of rotatable bonds is 9. The van der Waals surface area contributed by atoms with Crippen molar-refractivity contribution < 1.29 is 14.3 Å². The fourth-order valence-electron chi connectivity index (χ4n) is 2.11. The number of guanidine groups is 1. The highest BCUT2D eigenvalue weighted by Crippen LogP contribution is 2.17. The molecule has 154 valence electrons. The molecule has 0 unspecified atom stereocenters.